The topological polar surface area (TPSA) is 74.4 Å². The molecule has 2 aromatic rings. The van der Waals surface area contributed by atoms with Gasteiger partial charge >= 0.3 is 5.97 Å². The SMILES string of the molecule is COC(=O)C(N)Cc1cccc(-c2ccc(OC)cc2)n1. The highest BCUT2D eigenvalue weighted by molar-refractivity contribution is 5.75. The maximum absolute atomic E-state index is 11.4. The molecule has 1 aromatic carbocycles. The van der Waals surface area contributed by atoms with Crippen molar-refractivity contribution in [3.63, 3.8) is 0 Å². The average molecular weight is 286 g/mol. The van der Waals surface area contributed by atoms with Crippen LogP contribution < -0.4 is 10.5 Å². The molecule has 0 saturated carbocycles. The number of hydrogen-bond donors (Lipinski definition) is 1. The molecule has 0 spiro atoms. The molecule has 1 aromatic heterocycles. The first-order valence-corrected chi connectivity index (χ1v) is 6.58. The second-order valence-electron chi connectivity index (χ2n) is 4.58. The number of aromatic nitrogens is 1. The van der Waals surface area contributed by atoms with Crippen LogP contribution in [0.15, 0.2) is 42.5 Å². The average Bonchev–Trinajstić information content (AvgIpc) is 2.54. The van der Waals surface area contributed by atoms with Gasteiger partial charge in [-0.3, -0.25) is 9.78 Å². The fourth-order valence-electron chi connectivity index (χ4n) is 1.98. The number of nitrogens with zero attached hydrogens (tertiary/aromatic N) is 1. The van der Waals surface area contributed by atoms with Gasteiger partial charge in [0.15, 0.2) is 0 Å². The minimum atomic E-state index is -0.700. The molecule has 0 aliphatic carbocycles. The predicted molar refractivity (Wildman–Crippen MR) is 79.9 cm³/mol. The number of nitrogens with two attached hydrogens (primary N) is 1. The highest BCUT2D eigenvalue weighted by atomic mass is 16.5. The summed E-state index contributed by atoms with van der Waals surface area (Å²) in [6.07, 6.45) is 0.344. The highest BCUT2D eigenvalue weighted by Gasteiger charge is 2.15. The van der Waals surface area contributed by atoms with Crippen LogP contribution in [0.1, 0.15) is 5.69 Å². The molecule has 1 heterocycles. The highest BCUT2D eigenvalue weighted by Crippen LogP contribution is 2.21. The predicted octanol–water partition coefficient (Wildman–Crippen LogP) is 1.80. The van der Waals surface area contributed by atoms with Crippen LogP contribution in [0.2, 0.25) is 0 Å². The molecule has 0 saturated heterocycles. The lowest BCUT2D eigenvalue weighted by molar-refractivity contribution is -0.142. The molecule has 0 aliphatic heterocycles. The summed E-state index contributed by atoms with van der Waals surface area (Å²) in [6, 6.07) is 12.6. The Hall–Kier alpha value is -2.40. The van der Waals surface area contributed by atoms with Crippen LogP contribution in [-0.4, -0.2) is 31.2 Å². The van der Waals surface area contributed by atoms with Crippen molar-refractivity contribution in [1.82, 2.24) is 4.98 Å². The Kier molecular flexibility index (Phi) is 4.90. The maximum Gasteiger partial charge on any atom is 0.323 e. The molecule has 0 bridgehead atoms. The van der Waals surface area contributed by atoms with E-state index >= 15 is 0 Å². The van der Waals surface area contributed by atoms with Crippen molar-refractivity contribution in [2.75, 3.05) is 14.2 Å². The lowest BCUT2D eigenvalue weighted by Crippen LogP contribution is -2.33. The van der Waals surface area contributed by atoms with E-state index in [4.69, 9.17) is 10.5 Å². The number of benzene rings is 1. The number of ether oxygens (including phenoxy) is 2. The lowest BCUT2D eigenvalue weighted by Gasteiger charge is -2.10. The van der Waals surface area contributed by atoms with Crippen LogP contribution in [-0.2, 0) is 16.0 Å². The number of pyridine rings is 1. The quantitative estimate of drug-likeness (QED) is 0.848. The molecule has 21 heavy (non-hydrogen) atoms. The number of esters is 1. The zero-order valence-corrected chi connectivity index (χ0v) is 12.1. The van der Waals surface area contributed by atoms with E-state index in [1.54, 1.807) is 7.11 Å². The van der Waals surface area contributed by atoms with Crippen LogP contribution in [0, 0.1) is 0 Å². The van der Waals surface area contributed by atoms with E-state index in [9.17, 15) is 4.79 Å². The molecule has 110 valence electrons. The third-order valence-electron chi connectivity index (χ3n) is 3.13. The first-order valence-electron chi connectivity index (χ1n) is 6.58. The maximum atomic E-state index is 11.4. The number of methoxy groups -OCH3 is 2. The van der Waals surface area contributed by atoms with Gasteiger partial charge in [0.1, 0.15) is 11.8 Å². The van der Waals surface area contributed by atoms with Gasteiger partial charge in [0, 0.05) is 17.7 Å². The lowest BCUT2D eigenvalue weighted by atomic mass is 10.1. The zero-order chi connectivity index (χ0) is 15.2. The summed E-state index contributed by atoms with van der Waals surface area (Å²) in [7, 11) is 2.95. The molecule has 2 N–H and O–H groups in total. The Labute approximate surface area is 123 Å². The molecule has 5 nitrogen and oxygen atoms in total. The second-order valence-corrected chi connectivity index (χ2v) is 4.58. The molecular formula is C16H18N2O3. The van der Waals surface area contributed by atoms with Gasteiger partial charge in [-0.05, 0) is 36.4 Å². The molecule has 0 radical (unpaired) electrons. The standard InChI is InChI=1S/C16H18N2O3/c1-20-13-8-6-11(7-9-13)15-5-3-4-12(18-15)10-14(17)16(19)21-2/h3-9,14H,10,17H2,1-2H3. The third-order valence-corrected chi connectivity index (χ3v) is 3.13. The summed E-state index contributed by atoms with van der Waals surface area (Å²) in [5.74, 6) is 0.356. The molecule has 5 heteroatoms. The van der Waals surface area contributed by atoms with E-state index < -0.39 is 12.0 Å². The van der Waals surface area contributed by atoms with E-state index in [0.717, 1.165) is 22.7 Å². The summed E-state index contributed by atoms with van der Waals surface area (Å²) < 4.78 is 9.75. The molecule has 2 rings (SSSR count). The number of hydrogen-bond acceptors (Lipinski definition) is 5. The molecule has 0 fully saturated rings. The largest absolute Gasteiger partial charge is 0.497 e. The van der Waals surface area contributed by atoms with E-state index in [1.165, 1.54) is 7.11 Å². The molecule has 1 unspecified atom stereocenters. The summed E-state index contributed by atoms with van der Waals surface area (Å²) in [4.78, 5) is 15.9. The number of carbonyl (C=O) groups excluding carboxylic acids is 1. The monoisotopic (exact) mass is 286 g/mol. The summed E-state index contributed by atoms with van der Waals surface area (Å²) in [6.45, 7) is 0. The van der Waals surface area contributed by atoms with Gasteiger partial charge in [0.25, 0.3) is 0 Å². The van der Waals surface area contributed by atoms with Gasteiger partial charge < -0.3 is 15.2 Å². The van der Waals surface area contributed by atoms with Crippen molar-refractivity contribution in [3.8, 4) is 17.0 Å². The molecule has 0 amide bonds. The summed E-state index contributed by atoms with van der Waals surface area (Å²) >= 11 is 0. The Bertz CT molecular complexity index is 611. The van der Waals surface area contributed by atoms with Crippen LogP contribution in [0.5, 0.6) is 5.75 Å². The van der Waals surface area contributed by atoms with Crippen molar-refractivity contribution in [1.29, 1.82) is 0 Å². The Morgan fingerprint density at radius 3 is 2.52 bits per heavy atom. The normalized spacial score (nSPS) is 11.8. The van der Waals surface area contributed by atoms with E-state index in [1.807, 2.05) is 42.5 Å². The van der Waals surface area contributed by atoms with Crippen LogP contribution in [0.25, 0.3) is 11.3 Å². The van der Waals surface area contributed by atoms with Crippen molar-refractivity contribution >= 4 is 5.97 Å². The Morgan fingerprint density at radius 2 is 1.90 bits per heavy atom. The van der Waals surface area contributed by atoms with Crippen molar-refractivity contribution in [2.45, 2.75) is 12.5 Å². The minimum absolute atomic E-state index is 0.344. The first kappa shape index (κ1) is 15.0. The van der Waals surface area contributed by atoms with Gasteiger partial charge in [-0.1, -0.05) is 6.07 Å². The van der Waals surface area contributed by atoms with Gasteiger partial charge in [-0.25, -0.2) is 0 Å². The van der Waals surface area contributed by atoms with Crippen molar-refractivity contribution in [2.24, 2.45) is 5.73 Å². The molecule has 0 aliphatic rings. The minimum Gasteiger partial charge on any atom is -0.497 e. The smallest absolute Gasteiger partial charge is 0.323 e. The van der Waals surface area contributed by atoms with Gasteiger partial charge in [0.2, 0.25) is 0 Å². The van der Waals surface area contributed by atoms with Crippen molar-refractivity contribution in [3.05, 3.63) is 48.2 Å². The van der Waals surface area contributed by atoms with Gasteiger partial charge in [-0.15, -0.1) is 0 Å². The fraction of sp³-hybridized carbons (Fsp3) is 0.250. The van der Waals surface area contributed by atoms with Gasteiger partial charge in [-0.2, -0.15) is 0 Å². The van der Waals surface area contributed by atoms with E-state index in [-0.39, 0.29) is 0 Å². The zero-order valence-electron chi connectivity index (χ0n) is 12.1. The Morgan fingerprint density at radius 1 is 1.19 bits per heavy atom. The molecule has 1 atom stereocenters. The van der Waals surface area contributed by atoms with Crippen molar-refractivity contribution < 1.29 is 14.3 Å². The summed E-state index contributed by atoms with van der Waals surface area (Å²) in [5.41, 5.74) is 8.31. The summed E-state index contributed by atoms with van der Waals surface area (Å²) in [5, 5.41) is 0. The first-order chi connectivity index (χ1) is 10.1. The van der Waals surface area contributed by atoms with Gasteiger partial charge in [0.05, 0.1) is 19.9 Å². The number of carbonyl (C=O) groups is 1. The van der Waals surface area contributed by atoms with E-state index in [2.05, 4.69) is 9.72 Å². The fourth-order valence-corrected chi connectivity index (χ4v) is 1.98. The third kappa shape index (κ3) is 3.79. The second kappa shape index (κ2) is 6.85. The Balaban J connectivity index is 2.18. The van der Waals surface area contributed by atoms with Crippen LogP contribution >= 0.6 is 0 Å². The number of rotatable bonds is 5. The van der Waals surface area contributed by atoms with Crippen LogP contribution in [0.3, 0.4) is 0 Å². The molecular weight excluding hydrogens is 268 g/mol. The van der Waals surface area contributed by atoms with Crippen LogP contribution in [0.4, 0.5) is 0 Å². The van der Waals surface area contributed by atoms with E-state index in [0.29, 0.717) is 6.42 Å².